The average Bonchev–Trinajstić information content (AvgIpc) is 2.38. The zero-order valence-corrected chi connectivity index (χ0v) is 11.6. The maximum absolute atomic E-state index is 11.1. The molecule has 1 aliphatic rings. The van der Waals surface area contributed by atoms with Crippen LogP contribution < -0.4 is 5.32 Å². The number of aryl methyl sites for hydroxylation is 1. The van der Waals surface area contributed by atoms with Gasteiger partial charge in [-0.2, -0.15) is 0 Å². The van der Waals surface area contributed by atoms with Gasteiger partial charge in [0.25, 0.3) is 0 Å². The quantitative estimate of drug-likeness (QED) is 0.857. The topological polar surface area (TPSA) is 32.3 Å². The SMILES string of the molecule is CCNCC1CCCCC1(O)c1ccc(C)cc1. The van der Waals surface area contributed by atoms with Gasteiger partial charge in [-0.15, -0.1) is 0 Å². The molecule has 0 aliphatic heterocycles. The molecule has 0 saturated heterocycles. The van der Waals surface area contributed by atoms with E-state index in [1.807, 2.05) is 0 Å². The molecule has 2 rings (SSSR count). The summed E-state index contributed by atoms with van der Waals surface area (Å²) in [6, 6.07) is 8.40. The number of rotatable bonds is 4. The minimum absolute atomic E-state index is 0.342. The largest absolute Gasteiger partial charge is 0.385 e. The third kappa shape index (κ3) is 2.76. The summed E-state index contributed by atoms with van der Waals surface area (Å²) >= 11 is 0. The van der Waals surface area contributed by atoms with Gasteiger partial charge in [-0.3, -0.25) is 0 Å². The third-order valence-electron chi connectivity index (χ3n) is 4.23. The van der Waals surface area contributed by atoms with Gasteiger partial charge in [-0.25, -0.2) is 0 Å². The molecule has 0 heterocycles. The molecule has 1 aliphatic carbocycles. The van der Waals surface area contributed by atoms with Crippen LogP contribution in [0, 0.1) is 12.8 Å². The monoisotopic (exact) mass is 247 g/mol. The molecular formula is C16H25NO. The van der Waals surface area contributed by atoms with Crippen LogP contribution in [0.2, 0.25) is 0 Å². The Morgan fingerprint density at radius 3 is 2.67 bits per heavy atom. The molecule has 1 fully saturated rings. The van der Waals surface area contributed by atoms with Crippen molar-refractivity contribution in [1.82, 2.24) is 5.32 Å². The van der Waals surface area contributed by atoms with Crippen molar-refractivity contribution >= 4 is 0 Å². The smallest absolute Gasteiger partial charge is 0.0936 e. The van der Waals surface area contributed by atoms with Gasteiger partial charge in [0, 0.05) is 12.5 Å². The van der Waals surface area contributed by atoms with Crippen LogP contribution in [-0.2, 0) is 5.60 Å². The lowest BCUT2D eigenvalue weighted by Gasteiger charge is -2.40. The van der Waals surface area contributed by atoms with Gasteiger partial charge >= 0.3 is 0 Å². The van der Waals surface area contributed by atoms with Gasteiger partial charge in [0.2, 0.25) is 0 Å². The van der Waals surface area contributed by atoms with E-state index in [0.29, 0.717) is 5.92 Å². The molecule has 1 saturated carbocycles. The van der Waals surface area contributed by atoms with Crippen molar-refractivity contribution in [2.24, 2.45) is 5.92 Å². The molecule has 1 aromatic rings. The predicted molar refractivity (Wildman–Crippen MR) is 75.6 cm³/mol. The van der Waals surface area contributed by atoms with E-state index in [4.69, 9.17) is 0 Å². The molecular weight excluding hydrogens is 222 g/mol. The summed E-state index contributed by atoms with van der Waals surface area (Å²) in [6.45, 7) is 6.10. The van der Waals surface area contributed by atoms with E-state index in [1.165, 1.54) is 12.0 Å². The average molecular weight is 247 g/mol. The van der Waals surface area contributed by atoms with Crippen molar-refractivity contribution in [3.05, 3.63) is 35.4 Å². The minimum Gasteiger partial charge on any atom is -0.385 e. The molecule has 0 amide bonds. The van der Waals surface area contributed by atoms with Crippen molar-refractivity contribution in [3.63, 3.8) is 0 Å². The highest BCUT2D eigenvalue weighted by Crippen LogP contribution is 2.41. The Labute approximate surface area is 110 Å². The fraction of sp³-hybridized carbons (Fsp3) is 0.625. The molecule has 2 atom stereocenters. The summed E-state index contributed by atoms with van der Waals surface area (Å²) in [5.74, 6) is 0.342. The molecule has 1 aromatic carbocycles. The Hall–Kier alpha value is -0.860. The summed E-state index contributed by atoms with van der Waals surface area (Å²) in [6.07, 6.45) is 4.39. The lowest BCUT2D eigenvalue weighted by molar-refractivity contribution is -0.0534. The third-order valence-corrected chi connectivity index (χ3v) is 4.23. The van der Waals surface area contributed by atoms with Crippen molar-refractivity contribution in [3.8, 4) is 0 Å². The minimum atomic E-state index is -0.631. The molecule has 0 radical (unpaired) electrons. The van der Waals surface area contributed by atoms with Gasteiger partial charge in [0.15, 0.2) is 0 Å². The zero-order chi connectivity index (χ0) is 13.0. The van der Waals surface area contributed by atoms with Crippen LogP contribution in [0.25, 0.3) is 0 Å². The van der Waals surface area contributed by atoms with Gasteiger partial charge in [-0.1, -0.05) is 49.6 Å². The Kier molecular flexibility index (Phi) is 4.41. The fourth-order valence-corrected chi connectivity index (χ4v) is 3.04. The maximum Gasteiger partial charge on any atom is 0.0936 e. The summed E-state index contributed by atoms with van der Waals surface area (Å²) < 4.78 is 0. The molecule has 2 heteroatoms. The molecule has 2 nitrogen and oxygen atoms in total. The lowest BCUT2D eigenvalue weighted by atomic mass is 9.71. The van der Waals surface area contributed by atoms with Gasteiger partial charge in [-0.05, 0) is 31.9 Å². The van der Waals surface area contributed by atoms with Gasteiger partial charge < -0.3 is 10.4 Å². The van der Waals surface area contributed by atoms with Gasteiger partial charge in [0.1, 0.15) is 0 Å². The number of benzene rings is 1. The van der Waals surface area contributed by atoms with E-state index in [0.717, 1.165) is 37.9 Å². The van der Waals surface area contributed by atoms with E-state index >= 15 is 0 Å². The maximum atomic E-state index is 11.1. The molecule has 18 heavy (non-hydrogen) atoms. The first-order valence-corrected chi connectivity index (χ1v) is 7.17. The van der Waals surface area contributed by atoms with E-state index in [-0.39, 0.29) is 0 Å². The fourth-order valence-electron chi connectivity index (χ4n) is 3.04. The Morgan fingerprint density at radius 1 is 1.28 bits per heavy atom. The van der Waals surface area contributed by atoms with E-state index in [1.54, 1.807) is 0 Å². The second-order valence-electron chi connectivity index (χ2n) is 5.54. The Bertz CT molecular complexity index is 373. The van der Waals surface area contributed by atoms with Crippen LogP contribution in [0.1, 0.15) is 43.7 Å². The number of aliphatic hydroxyl groups is 1. The standard InChI is InChI=1S/C16H25NO/c1-3-17-12-15-6-4-5-11-16(15,18)14-9-7-13(2)8-10-14/h7-10,15,17-18H,3-6,11-12H2,1-2H3. The van der Waals surface area contributed by atoms with E-state index in [9.17, 15) is 5.11 Å². The molecule has 0 spiro atoms. The van der Waals surface area contributed by atoms with Crippen LogP contribution in [0.5, 0.6) is 0 Å². The lowest BCUT2D eigenvalue weighted by Crippen LogP contribution is -2.43. The summed E-state index contributed by atoms with van der Waals surface area (Å²) in [5, 5.41) is 14.5. The van der Waals surface area contributed by atoms with Crippen LogP contribution in [-0.4, -0.2) is 18.2 Å². The van der Waals surface area contributed by atoms with Crippen LogP contribution in [0.15, 0.2) is 24.3 Å². The second-order valence-corrected chi connectivity index (χ2v) is 5.54. The van der Waals surface area contributed by atoms with Crippen LogP contribution in [0.3, 0.4) is 0 Å². The van der Waals surface area contributed by atoms with E-state index < -0.39 is 5.60 Å². The number of nitrogens with one attached hydrogen (secondary N) is 1. The molecule has 2 unspecified atom stereocenters. The number of hydrogen-bond acceptors (Lipinski definition) is 2. The van der Waals surface area contributed by atoms with Crippen molar-refractivity contribution < 1.29 is 5.11 Å². The van der Waals surface area contributed by atoms with Crippen molar-refractivity contribution in [1.29, 1.82) is 0 Å². The summed E-state index contributed by atoms with van der Waals surface area (Å²) in [4.78, 5) is 0. The highest BCUT2D eigenvalue weighted by Gasteiger charge is 2.39. The predicted octanol–water partition coefficient (Wildman–Crippen LogP) is 2.98. The first kappa shape index (κ1) is 13.6. The first-order valence-electron chi connectivity index (χ1n) is 7.17. The van der Waals surface area contributed by atoms with Crippen molar-refractivity contribution in [2.75, 3.05) is 13.1 Å². The Balaban J connectivity index is 2.21. The van der Waals surface area contributed by atoms with Crippen LogP contribution in [0.4, 0.5) is 0 Å². The molecule has 100 valence electrons. The van der Waals surface area contributed by atoms with Crippen LogP contribution >= 0.6 is 0 Å². The van der Waals surface area contributed by atoms with Gasteiger partial charge in [0.05, 0.1) is 5.60 Å². The molecule has 0 aromatic heterocycles. The van der Waals surface area contributed by atoms with Crippen molar-refractivity contribution in [2.45, 2.75) is 45.1 Å². The zero-order valence-electron chi connectivity index (χ0n) is 11.6. The highest BCUT2D eigenvalue weighted by molar-refractivity contribution is 5.27. The molecule has 2 N–H and O–H groups in total. The molecule has 0 bridgehead atoms. The normalized spacial score (nSPS) is 28.3. The Morgan fingerprint density at radius 2 is 2.00 bits per heavy atom. The highest BCUT2D eigenvalue weighted by atomic mass is 16.3. The number of hydrogen-bond donors (Lipinski definition) is 2. The first-order chi connectivity index (χ1) is 8.66. The summed E-state index contributed by atoms with van der Waals surface area (Å²) in [7, 11) is 0. The summed E-state index contributed by atoms with van der Waals surface area (Å²) in [5.41, 5.74) is 1.71. The second kappa shape index (κ2) is 5.85. The van der Waals surface area contributed by atoms with E-state index in [2.05, 4.69) is 43.4 Å².